The largest absolute Gasteiger partial charge is 0.471 e. The third kappa shape index (κ3) is 3.51. The first kappa shape index (κ1) is 17.9. The minimum Gasteiger partial charge on any atom is -0.471 e. The van der Waals surface area contributed by atoms with Crippen molar-refractivity contribution in [2.24, 2.45) is 5.16 Å². The molecule has 0 spiro atoms. The number of ether oxygens (including phenoxy) is 1. The summed E-state index contributed by atoms with van der Waals surface area (Å²) in [5.74, 6) is -1.27. The van der Waals surface area contributed by atoms with Crippen molar-refractivity contribution in [3.8, 4) is 5.75 Å². The van der Waals surface area contributed by atoms with E-state index in [0.717, 1.165) is 17.3 Å². The van der Waals surface area contributed by atoms with E-state index in [-0.39, 0.29) is 22.9 Å². The number of nitrogens with zero attached hydrogens (tertiary/aromatic N) is 5. The van der Waals surface area contributed by atoms with Crippen molar-refractivity contribution in [2.75, 3.05) is 7.11 Å². The molecule has 3 aromatic heterocycles. The molecular weight excluding hydrogens is 392 g/mol. The van der Waals surface area contributed by atoms with Gasteiger partial charge < -0.3 is 14.0 Å². The fourth-order valence-electron chi connectivity index (χ4n) is 2.43. The van der Waals surface area contributed by atoms with E-state index in [0.29, 0.717) is 5.52 Å². The van der Waals surface area contributed by atoms with Crippen LogP contribution in [0.15, 0.2) is 45.9 Å². The number of thiazole rings is 1. The predicted octanol–water partition coefficient (Wildman–Crippen LogP) is 3.50. The van der Waals surface area contributed by atoms with E-state index in [4.69, 9.17) is 9.15 Å². The van der Waals surface area contributed by atoms with Crippen LogP contribution >= 0.6 is 11.3 Å². The molecular formula is C17H11F2N5O3S. The van der Waals surface area contributed by atoms with Crippen molar-refractivity contribution in [3.05, 3.63) is 65.1 Å². The van der Waals surface area contributed by atoms with Crippen LogP contribution in [0.5, 0.6) is 5.75 Å². The highest BCUT2D eigenvalue weighted by molar-refractivity contribution is 7.16. The van der Waals surface area contributed by atoms with Crippen molar-refractivity contribution in [2.45, 2.75) is 6.10 Å². The molecule has 0 fully saturated rings. The quantitative estimate of drug-likeness (QED) is 0.359. The highest BCUT2D eigenvalue weighted by Gasteiger charge is 2.26. The summed E-state index contributed by atoms with van der Waals surface area (Å²) in [6, 6.07) is 4.15. The number of halogens is 2. The van der Waals surface area contributed by atoms with Gasteiger partial charge in [-0.15, -0.1) is 21.5 Å². The highest BCUT2D eigenvalue weighted by atomic mass is 32.1. The van der Waals surface area contributed by atoms with Gasteiger partial charge in [-0.05, 0) is 6.07 Å². The van der Waals surface area contributed by atoms with Gasteiger partial charge in [0.2, 0.25) is 12.5 Å². The van der Waals surface area contributed by atoms with Crippen LogP contribution in [0.1, 0.15) is 23.3 Å². The second-order valence-electron chi connectivity index (χ2n) is 5.43. The molecule has 11 heteroatoms. The van der Waals surface area contributed by atoms with Crippen LogP contribution in [0, 0.1) is 11.6 Å². The van der Waals surface area contributed by atoms with E-state index in [1.807, 2.05) is 0 Å². The molecule has 0 aliphatic heterocycles. The SMILES string of the molecule is CO/N=C/c1cc(C(Oc2cc3scnc3cc2F)c2nnco2)ncc1F. The zero-order valence-electron chi connectivity index (χ0n) is 14.2. The van der Waals surface area contributed by atoms with Gasteiger partial charge in [-0.2, -0.15) is 0 Å². The maximum Gasteiger partial charge on any atom is 0.263 e. The summed E-state index contributed by atoms with van der Waals surface area (Å²) >= 11 is 1.34. The molecule has 0 saturated heterocycles. The molecule has 0 saturated carbocycles. The third-order valence-corrected chi connectivity index (χ3v) is 4.49. The molecule has 142 valence electrons. The number of pyridine rings is 1. The Morgan fingerprint density at radius 1 is 1.21 bits per heavy atom. The standard InChI is InChI=1S/C17H11F2N5O3S/c1-25-23-5-9-2-13(20-6-11(9)19)16(17-24-22-7-26-17)27-14-4-15-12(3-10(14)18)21-8-28-15/h2-8,16H,1H3/b23-5+. The molecule has 1 atom stereocenters. The van der Waals surface area contributed by atoms with Crippen molar-refractivity contribution in [3.63, 3.8) is 0 Å². The summed E-state index contributed by atoms with van der Waals surface area (Å²) in [6.07, 6.45) is 2.19. The van der Waals surface area contributed by atoms with E-state index >= 15 is 0 Å². The minimum atomic E-state index is -1.07. The van der Waals surface area contributed by atoms with Gasteiger partial charge in [-0.1, -0.05) is 5.16 Å². The summed E-state index contributed by atoms with van der Waals surface area (Å²) in [6.45, 7) is 0. The Kier molecular flexibility index (Phi) is 4.89. The maximum absolute atomic E-state index is 14.5. The van der Waals surface area contributed by atoms with Gasteiger partial charge in [-0.3, -0.25) is 4.98 Å². The van der Waals surface area contributed by atoms with Crippen LogP contribution < -0.4 is 4.74 Å². The fourth-order valence-corrected chi connectivity index (χ4v) is 3.12. The van der Waals surface area contributed by atoms with Crippen LogP contribution in [0.3, 0.4) is 0 Å². The Morgan fingerprint density at radius 3 is 2.89 bits per heavy atom. The zero-order valence-corrected chi connectivity index (χ0v) is 15.1. The number of fused-ring (bicyclic) bond motifs is 1. The van der Waals surface area contributed by atoms with E-state index in [2.05, 4.69) is 30.2 Å². The van der Waals surface area contributed by atoms with Gasteiger partial charge in [0.25, 0.3) is 5.89 Å². The average Bonchev–Trinajstić information content (AvgIpc) is 3.37. The molecule has 0 bridgehead atoms. The van der Waals surface area contributed by atoms with Crippen LogP contribution in [0.2, 0.25) is 0 Å². The number of oxime groups is 1. The molecule has 4 aromatic rings. The Morgan fingerprint density at radius 2 is 2.11 bits per heavy atom. The molecule has 0 aliphatic rings. The molecule has 0 aliphatic carbocycles. The number of rotatable bonds is 6. The zero-order chi connectivity index (χ0) is 19.5. The molecule has 4 rings (SSSR count). The topological polar surface area (TPSA) is 95.5 Å². The van der Waals surface area contributed by atoms with Crippen LogP contribution in [-0.2, 0) is 4.84 Å². The lowest BCUT2D eigenvalue weighted by Crippen LogP contribution is -2.13. The molecule has 0 amide bonds. The minimum absolute atomic E-state index is 0.0255. The summed E-state index contributed by atoms with van der Waals surface area (Å²) < 4.78 is 40.2. The molecule has 1 unspecified atom stereocenters. The first-order valence-electron chi connectivity index (χ1n) is 7.83. The Hall–Kier alpha value is -3.47. The van der Waals surface area contributed by atoms with Gasteiger partial charge in [0.15, 0.2) is 11.6 Å². The first-order valence-corrected chi connectivity index (χ1v) is 8.71. The average molecular weight is 403 g/mol. The summed E-state index contributed by atoms with van der Waals surface area (Å²) in [7, 11) is 1.33. The Bertz CT molecular complexity index is 1130. The van der Waals surface area contributed by atoms with Crippen molar-refractivity contribution >= 4 is 27.8 Å². The lowest BCUT2D eigenvalue weighted by atomic mass is 10.1. The van der Waals surface area contributed by atoms with Crippen molar-refractivity contribution in [1.82, 2.24) is 20.2 Å². The Labute approximate surface area is 160 Å². The highest BCUT2D eigenvalue weighted by Crippen LogP contribution is 2.32. The smallest absolute Gasteiger partial charge is 0.263 e. The first-order chi connectivity index (χ1) is 13.7. The summed E-state index contributed by atoms with van der Waals surface area (Å²) in [5.41, 5.74) is 2.43. The molecule has 3 heterocycles. The second kappa shape index (κ2) is 7.64. The fraction of sp³-hybridized carbons (Fsp3) is 0.118. The number of aromatic nitrogens is 4. The van der Waals surface area contributed by atoms with Gasteiger partial charge in [0.05, 0.1) is 33.8 Å². The lowest BCUT2D eigenvalue weighted by molar-refractivity contribution is 0.195. The van der Waals surface area contributed by atoms with Crippen LogP contribution in [0.4, 0.5) is 8.78 Å². The normalized spacial score (nSPS) is 12.5. The van der Waals surface area contributed by atoms with E-state index in [1.165, 1.54) is 42.9 Å². The molecule has 0 N–H and O–H groups in total. The van der Waals surface area contributed by atoms with E-state index in [1.54, 1.807) is 5.51 Å². The molecule has 28 heavy (non-hydrogen) atoms. The van der Waals surface area contributed by atoms with Gasteiger partial charge in [-0.25, -0.2) is 13.8 Å². The number of hydrogen-bond donors (Lipinski definition) is 0. The van der Waals surface area contributed by atoms with Gasteiger partial charge in [0, 0.05) is 17.7 Å². The third-order valence-electron chi connectivity index (χ3n) is 3.70. The lowest BCUT2D eigenvalue weighted by Gasteiger charge is -2.16. The van der Waals surface area contributed by atoms with Gasteiger partial charge in [0.1, 0.15) is 12.9 Å². The molecule has 8 nitrogen and oxygen atoms in total. The molecule has 1 aromatic carbocycles. The van der Waals surface area contributed by atoms with E-state index < -0.39 is 17.7 Å². The summed E-state index contributed by atoms with van der Waals surface area (Å²) in [5, 5.41) is 11.0. The second-order valence-corrected chi connectivity index (χ2v) is 6.31. The van der Waals surface area contributed by atoms with Crippen molar-refractivity contribution < 1.29 is 22.8 Å². The predicted molar refractivity (Wildman–Crippen MR) is 95.1 cm³/mol. The maximum atomic E-state index is 14.5. The van der Waals surface area contributed by atoms with Gasteiger partial charge >= 0.3 is 0 Å². The number of benzene rings is 1. The summed E-state index contributed by atoms with van der Waals surface area (Å²) in [4.78, 5) is 12.7. The van der Waals surface area contributed by atoms with Crippen LogP contribution in [-0.4, -0.2) is 33.5 Å². The van der Waals surface area contributed by atoms with Crippen molar-refractivity contribution in [1.29, 1.82) is 0 Å². The van der Waals surface area contributed by atoms with E-state index in [9.17, 15) is 8.78 Å². The Balaban J connectivity index is 1.76. The monoisotopic (exact) mass is 403 g/mol. The molecule has 0 radical (unpaired) electrons. The number of hydrogen-bond acceptors (Lipinski definition) is 9. The van der Waals surface area contributed by atoms with Crippen LogP contribution in [0.25, 0.3) is 10.2 Å².